The van der Waals surface area contributed by atoms with E-state index in [-0.39, 0.29) is 17.8 Å². The first-order chi connectivity index (χ1) is 8.61. The minimum Gasteiger partial charge on any atom is -0.379 e. The lowest BCUT2D eigenvalue weighted by atomic mass is 10.2. The molecule has 0 aromatic carbocycles. The Morgan fingerprint density at radius 2 is 2.33 bits per heavy atom. The lowest BCUT2D eigenvalue weighted by Crippen LogP contribution is -2.30. The molecule has 1 aromatic heterocycles. The summed E-state index contributed by atoms with van der Waals surface area (Å²) >= 11 is 0. The third-order valence-corrected chi connectivity index (χ3v) is 3.28. The highest BCUT2D eigenvalue weighted by molar-refractivity contribution is 5.57. The average molecular weight is 251 g/mol. The smallest absolute Gasteiger partial charge is 0.311 e. The van der Waals surface area contributed by atoms with Crippen molar-refractivity contribution in [3.63, 3.8) is 0 Å². The van der Waals surface area contributed by atoms with Crippen molar-refractivity contribution in [2.24, 2.45) is 0 Å². The van der Waals surface area contributed by atoms with Gasteiger partial charge in [0.1, 0.15) is 0 Å². The summed E-state index contributed by atoms with van der Waals surface area (Å²) in [4.78, 5) is 14.7. The molecule has 1 saturated carbocycles. The van der Waals surface area contributed by atoms with Gasteiger partial charge in [-0.1, -0.05) is 0 Å². The van der Waals surface area contributed by atoms with Gasteiger partial charge in [-0.3, -0.25) is 10.1 Å². The van der Waals surface area contributed by atoms with Crippen molar-refractivity contribution < 1.29 is 9.66 Å². The maximum atomic E-state index is 11.0. The second-order valence-electron chi connectivity index (χ2n) is 4.59. The van der Waals surface area contributed by atoms with Crippen LogP contribution in [-0.2, 0) is 4.74 Å². The number of rotatable bonds is 4. The quantitative estimate of drug-likeness (QED) is 0.656. The summed E-state index contributed by atoms with van der Waals surface area (Å²) < 4.78 is 5.36. The third-order valence-electron chi connectivity index (χ3n) is 3.28. The van der Waals surface area contributed by atoms with E-state index < -0.39 is 4.92 Å². The van der Waals surface area contributed by atoms with Gasteiger partial charge in [-0.05, 0) is 31.7 Å². The molecule has 1 N–H and O–H groups in total. The summed E-state index contributed by atoms with van der Waals surface area (Å²) in [6.07, 6.45) is 4.73. The zero-order valence-corrected chi connectivity index (χ0v) is 10.5. The predicted octanol–water partition coefficient (Wildman–Crippen LogP) is 2.28. The largest absolute Gasteiger partial charge is 0.379 e. The van der Waals surface area contributed by atoms with E-state index in [1.165, 1.54) is 6.07 Å². The molecule has 1 aliphatic rings. The Kier molecular flexibility index (Phi) is 3.76. The Balaban J connectivity index is 2.20. The van der Waals surface area contributed by atoms with Gasteiger partial charge in [-0.15, -0.1) is 0 Å². The van der Waals surface area contributed by atoms with Crippen molar-refractivity contribution in [1.29, 1.82) is 0 Å². The van der Waals surface area contributed by atoms with Gasteiger partial charge in [0.15, 0.2) is 0 Å². The Morgan fingerprint density at radius 3 is 3.00 bits per heavy atom. The van der Waals surface area contributed by atoms with Crippen molar-refractivity contribution >= 4 is 11.5 Å². The number of nitrogens with one attached hydrogen (secondary N) is 1. The third kappa shape index (κ3) is 2.59. The van der Waals surface area contributed by atoms with Gasteiger partial charge in [0.25, 0.3) is 0 Å². The standard InChI is InChI=1S/C12H17N3O3/c1-8-6-10(15(16)17)12(13-7-8)14-9-4-3-5-11(9)18-2/h6-7,9,11H,3-5H2,1-2H3,(H,13,14). The first-order valence-electron chi connectivity index (χ1n) is 6.02. The molecule has 1 aliphatic carbocycles. The number of hydrogen-bond donors (Lipinski definition) is 1. The van der Waals surface area contributed by atoms with Crippen molar-refractivity contribution in [2.45, 2.75) is 38.3 Å². The average Bonchev–Trinajstić information content (AvgIpc) is 2.78. The molecule has 1 heterocycles. The minimum atomic E-state index is -0.404. The van der Waals surface area contributed by atoms with Gasteiger partial charge < -0.3 is 10.1 Å². The van der Waals surface area contributed by atoms with E-state index in [1.54, 1.807) is 20.2 Å². The fraction of sp³-hybridized carbons (Fsp3) is 0.583. The highest BCUT2D eigenvalue weighted by Crippen LogP contribution is 2.28. The molecule has 98 valence electrons. The van der Waals surface area contributed by atoms with E-state index in [4.69, 9.17) is 4.74 Å². The molecule has 2 rings (SSSR count). The summed E-state index contributed by atoms with van der Waals surface area (Å²) in [7, 11) is 1.67. The Bertz CT molecular complexity index is 450. The molecular weight excluding hydrogens is 234 g/mol. The fourth-order valence-corrected chi connectivity index (χ4v) is 2.35. The Labute approximate surface area is 106 Å². The van der Waals surface area contributed by atoms with Crippen LogP contribution in [0.1, 0.15) is 24.8 Å². The van der Waals surface area contributed by atoms with Crippen LogP contribution in [0.15, 0.2) is 12.3 Å². The van der Waals surface area contributed by atoms with Crippen LogP contribution in [0.4, 0.5) is 11.5 Å². The normalized spacial score (nSPS) is 23.0. The number of methoxy groups -OCH3 is 1. The monoisotopic (exact) mass is 251 g/mol. The number of pyridine rings is 1. The number of nitro groups is 1. The number of hydrogen-bond acceptors (Lipinski definition) is 5. The molecule has 0 spiro atoms. The molecule has 2 atom stereocenters. The summed E-state index contributed by atoms with van der Waals surface area (Å²) in [5, 5.41) is 14.1. The van der Waals surface area contributed by atoms with Crippen LogP contribution in [0.2, 0.25) is 0 Å². The second kappa shape index (κ2) is 5.30. The zero-order chi connectivity index (χ0) is 13.1. The van der Waals surface area contributed by atoms with Gasteiger partial charge in [0, 0.05) is 19.4 Å². The molecule has 0 radical (unpaired) electrons. The topological polar surface area (TPSA) is 77.3 Å². The molecule has 1 aromatic rings. The highest BCUT2D eigenvalue weighted by Gasteiger charge is 2.29. The van der Waals surface area contributed by atoms with E-state index in [1.807, 2.05) is 0 Å². The fourth-order valence-electron chi connectivity index (χ4n) is 2.35. The number of aromatic nitrogens is 1. The Hall–Kier alpha value is -1.69. The van der Waals surface area contributed by atoms with Crippen LogP contribution >= 0.6 is 0 Å². The number of nitrogens with zero attached hydrogens (tertiary/aromatic N) is 2. The molecular formula is C12H17N3O3. The van der Waals surface area contributed by atoms with Crippen LogP contribution in [0.5, 0.6) is 0 Å². The van der Waals surface area contributed by atoms with Gasteiger partial charge in [0.05, 0.1) is 17.1 Å². The van der Waals surface area contributed by atoms with Crippen LogP contribution in [-0.4, -0.2) is 29.2 Å². The minimum absolute atomic E-state index is 0.0248. The van der Waals surface area contributed by atoms with E-state index in [0.29, 0.717) is 5.82 Å². The predicted molar refractivity (Wildman–Crippen MR) is 67.7 cm³/mol. The summed E-state index contributed by atoms with van der Waals surface area (Å²) in [6.45, 7) is 1.79. The van der Waals surface area contributed by atoms with E-state index in [2.05, 4.69) is 10.3 Å². The van der Waals surface area contributed by atoms with Crippen LogP contribution in [0.3, 0.4) is 0 Å². The molecule has 0 saturated heterocycles. The SMILES string of the molecule is COC1CCCC1Nc1ncc(C)cc1[N+](=O)[O-]. The van der Waals surface area contributed by atoms with Gasteiger partial charge in [0.2, 0.25) is 5.82 Å². The van der Waals surface area contributed by atoms with E-state index >= 15 is 0 Å². The molecule has 18 heavy (non-hydrogen) atoms. The molecule has 2 unspecified atom stereocenters. The van der Waals surface area contributed by atoms with Crippen molar-refractivity contribution in [1.82, 2.24) is 4.98 Å². The molecule has 0 bridgehead atoms. The van der Waals surface area contributed by atoms with Gasteiger partial charge in [-0.25, -0.2) is 4.98 Å². The first kappa shape index (κ1) is 12.8. The van der Waals surface area contributed by atoms with Gasteiger partial charge >= 0.3 is 5.69 Å². The van der Waals surface area contributed by atoms with Crippen LogP contribution < -0.4 is 5.32 Å². The second-order valence-corrected chi connectivity index (χ2v) is 4.59. The molecule has 0 amide bonds. The zero-order valence-electron chi connectivity index (χ0n) is 10.5. The molecule has 6 heteroatoms. The summed E-state index contributed by atoms with van der Waals surface area (Å²) in [5.41, 5.74) is 0.804. The number of aryl methyl sites for hydroxylation is 1. The first-order valence-corrected chi connectivity index (χ1v) is 6.02. The molecule has 1 fully saturated rings. The number of anilines is 1. The highest BCUT2D eigenvalue weighted by atomic mass is 16.6. The lowest BCUT2D eigenvalue weighted by Gasteiger charge is -2.20. The van der Waals surface area contributed by atoms with E-state index in [0.717, 1.165) is 24.8 Å². The van der Waals surface area contributed by atoms with Crippen molar-refractivity contribution in [3.05, 3.63) is 27.9 Å². The maximum Gasteiger partial charge on any atom is 0.311 e. The van der Waals surface area contributed by atoms with Gasteiger partial charge in [-0.2, -0.15) is 0 Å². The molecule has 6 nitrogen and oxygen atoms in total. The summed E-state index contributed by atoms with van der Waals surface area (Å²) in [6, 6.07) is 1.63. The molecule has 0 aliphatic heterocycles. The van der Waals surface area contributed by atoms with Crippen molar-refractivity contribution in [3.8, 4) is 0 Å². The Morgan fingerprint density at radius 1 is 1.56 bits per heavy atom. The van der Waals surface area contributed by atoms with Crippen molar-refractivity contribution in [2.75, 3.05) is 12.4 Å². The van der Waals surface area contributed by atoms with Crippen LogP contribution in [0, 0.1) is 17.0 Å². The van der Waals surface area contributed by atoms with Crippen LogP contribution in [0.25, 0.3) is 0 Å². The lowest BCUT2D eigenvalue weighted by molar-refractivity contribution is -0.384. The summed E-state index contributed by atoms with van der Waals surface area (Å²) in [5.74, 6) is 0.333. The van der Waals surface area contributed by atoms with E-state index in [9.17, 15) is 10.1 Å². The maximum absolute atomic E-state index is 11.0. The number of ether oxygens (including phenoxy) is 1.